The van der Waals surface area contributed by atoms with Gasteiger partial charge in [-0.05, 0) is 30.5 Å². The maximum Gasteiger partial charge on any atom is 0.235 e. The van der Waals surface area contributed by atoms with Gasteiger partial charge in [-0.3, -0.25) is 4.79 Å². The molecule has 1 amide bonds. The molecule has 0 atom stereocenters. The van der Waals surface area contributed by atoms with E-state index < -0.39 is 10.0 Å². The molecule has 1 rings (SSSR count). The Morgan fingerprint density at radius 1 is 1.24 bits per heavy atom. The van der Waals surface area contributed by atoms with Crippen molar-refractivity contribution in [1.82, 2.24) is 10.0 Å². The maximum absolute atomic E-state index is 12.7. The fraction of sp³-hybridized carbons (Fsp3) is 0.500. The number of carbonyl (C=O) groups excluding carboxylic acids is 1. The average Bonchev–Trinajstić information content (AvgIpc) is 2.45. The molecular weight excluding hydrogens is 295 g/mol. The van der Waals surface area contributed by atoms with E-state index in [0.717, 1.165) is 12.0 Å². The van der Waals surface area contributed by atoms with E-state index in [1.54, 1.807) is 12.1 Å². The molecule has 7 heteroatoms. The van der Waals surface area contributed by atoms with Crippen LogP contribution >= 0.6 is 0 Å². The predicted molar refractivity (Wildman–Crippen MR) is 79.8 cm³/mol. The molecule has 0 aliphatic heterocycles. The van der Waals surface area contributed by atoms with Crippen LogP contribution < -0.4 is 10.0 Å². The van der Waals surface area contributed by atoms with Crippen molar-refractivity contribution in [2.75, 3.05) is 18.8 Å². The lowest BCUT2D eigenvalue weighted by molar-refractivity contribution is -0.119. The predicted octanol–water partition coefficient (Wildman–Crippen LogP) is 1.20. The van der Waals surface area contributed by atoms with Crippen LogP contribution in [-0.2, 0) is 21.2 Å². The van der Waals surface area contributed by atoms with Crippen LogP contribution in [0.25, 0.3) is 0 Å². The fourth-order valence-electron chi connectivity index (χ4n) is 1.64. The summed E-state index contributed by atoms with van der Waals surface area (Å²) in [7, 11) is -3.37. The molecule has 118 valence electrons. The summed E-state index contributed by atoms with van der Waals surface area (Å²) < 4.78 is 38.0. The second kappa shape index (κ2) is 8.74. The maximum atomic E-state index is 12.7. The van der Waals surface area contributed by atoms with Crippen LogP contribution in [-0.4, -0.2) is 33.2 Å². The Kier molecular flexibility index (Phi) is 7.31. The van der Waals surface area contributed by atoms with Crippen LogP contribution in [0, 0.1) is 5.82 Å². The molecule has 0 radical (unpaired) electrons. The van der Waals surface area contributed by atoms with Gasteiger partial charge in [-0.1, -0.05) is 25.5 Å². The van der Waals surface area contributed by atoms with Gasteiger partial charge in [0, 0.05) is 6.54 Å². The molecule has 0 bridgehead atoms. The minimum atomic E-state index is -3.37. The molecule has 0 unspecified atom stereocenters. The number of hydrogen-bond acceptors (Lipinski definition) is 3. The van der Waals surface area contributed by atoms with Gasteiger partial charge >= 0.3 is 0 Å². The molecule has 21 heavy (non-hydrogen) atoms. The van der Waals surface area contributed by atoms with Crippen molar-refractivity contribution >= 4 is 15.9 Å². The van der Waals surface area contributed by atoms with Gasteiger partial charge in [0.1, 0.15) is 5.82 Å². The van der Waals surface area contributed by atoms with E-state index in [2.05, 4.69) is 10.0 Å². The fourth-order valence-corrected chi connectivity index (χ4v) is 2.81. The number of halogens is 1. The Labute approximate surface area is 125 Å². The Balaban J connectivity index is 2.23. The van der Waals surface area contributed by atoms with Crippen molar-refractivity contribution in [3.05, 3.63) is 35.6 Å². The normalized spacial score (nSPS) is 11.3. The zero-order chi connectivity index (χ0) is 15.7. The molecular formula is C14H21FN2O3S. The van der Waals surface area contributed by atoms with E-state index in [0.29, 0.717) is 19.4 Å². The molecule has 0 spiro atoms. The van der Waals surface area contributed by atoms with Crippen LogP contribution in [0.3, 0.4) is 0 Å². The van der Waals surface area contributed by atoms with Crippen LogP contribution in [0.4, 0.5) is 4.39 Å². The van der Waals surface area contributed by atoms with Gasteiger partial charge in [0.15, 0.2) is 0 Å². The van der Waals surface area contributed by atoms with Crippen LogP contribution in [0.2, 0.25) is 0 Å². The minimum Gasteiger partial charge on any atom is -0.355 e. The summed E-state index contributed by atoms with van der Waals surface area (Å²) >= 11 is 0. The smallest absolute Gasteiger partial charge is 0.235 e. The number of rotatable bonds is 9. The van der Waals surface area contributed by atoms with E-state index in [4.69, 9.17) is 0 Å². The summed E-state index contributed by atoms with van der Waals surface area (Å²) in [6, 6.07) is 6.02. The Morgan fingerprint density at radius 3 is 2.52 bits per heavy atom. The minimum absolute atomic E-state index is 0.0341. The topological polar surface area (TPSA) is 75.3 Å². The first kappa shape index (κ1) is 17.6. The number of carbonyl (C=O) groups is 1. The number of benzene rings is 1. The first-order valence-corrected chi connectivity index (χ1v) is 8.56. The summed E-state index contributed by atoms with van der Waals surface area (Å²) in [6.45, 7) is 2.02. The molecule has 0 heterocycles. The quantitative estimate of drug-likeness (QED) is 0.719. The highest BCUT2D eigenvalue weighted by Crippen LogP contribution is 2.02. The Morgan fingerprint density at radius 2 is 1.90 bits per heavy atom. The van der Waals surface area contributed by atoms with Crippen molar-refractivity contribution in [3.63, 3.8) is 0 Å². The zero-order valence-corrected chi connectivity index (χ0v) is 12.9. The SMILES string of the molecule is CCCCS(=O)(=O)NCC(=O)NCCc1ccc(F)cc1. The van der Waals surface area contributed by atoms with Crippen molar-refractivity contribution in [2.45, 2.75) is 26.2 Å². The summed E-state index contributed by atoms with van der Waals surface area (Å²) in [5.74, 6) is -0.645. The highest BCUT2D eigenvalue weighted by molar-refractivity contribution is 7.89. The van der Waals surface area contributed by atoms with E-state index in [-0.39, 0.29) is 24.0 Å². The third-order valence-electron chi connectivity index (χ3n) is 2.87. The van der Waals surface area contributed by atoms with Gasteiger partial charge in [0.25, 0.3) is 0 Å². The molecule has 0 aromatic heterocycles. The first-order valence-electron chi connectivity index (χ1n) is 6.91. The van der Waals surface area contributed by atoms with E-state index in [9.17, 15) is 17.6 Å². The summed E-state index contributed by atoms with van der Waals surface area (Å²) in [5, 5.41) is 2.61. The largest absolute Gasteiger partial charge is 0.355 e. The van der Waals surface area contributed by atoms with Crippen molar-refractivity contribution in [1.29, 1.82) is 0 Å². The van der Waals surface area contributed by atoms with Crippen LogP contribution in [0.1, 0.15) is 25.3 Å². The Bertz CT molecular complexity index is 544. The lowest BCUT2D eigenvalue weighted by atomic mass is 10.1. The highest BCUT2D eigenvalue weighted by atomic mass is 32.2. The highest BCUT2D eigenvalue weighted by Gasteiger charge is 2.11. The van der Waals surface area contributed by atoms with E-state index >= 15 is 0 Å². The molecule has 0 fully saturated rings. The van der Waals surface area contributed by atoms with Crippen molar-refractivity contribution < 1.29 is 17.6 Å². The molecule has 0 saturated heterocycles. The molecule has 0 saturated carbocycles. The van der Waals surface area contributed by atoms with Crippen LogP contribution in [0.5, 0.6) is 0 Å². The monoisotopic (exact) mass is 316 g/mol. The number of nitrogens with one attached hydrogen (secondary N) is 2. The molecule has 0 aliphatic rings. The first-order chi connectivity index (χ1) is 9.93. The second-order valence-electron chi connectivity index (χ2n) is 4.72. The van der Waals surface area contributed by atoms with Gasteiger partial charge in [-0.15, -0.1) is 0 Å². The number of unbranched alkanes of at least 4 members (excludes halogenated alkanes) is 1. The van der Waals surface area contributed by atoms with E-state index in [1.165, 1.54) is 12.1 Å². The lowest BCUT2D eigenvalue weighted by Crippen LogP contribution is -2.38. The summed E-state index contributed by atoms with van der Waals surface area (Å²) in [5.41, 5.74) is 0.903. The van der Waals surface area contributed by atoms with Gasteiger partial charge in [0.2, 0.25) is 15.9 Å². The average molecular weight is 316 g/mol. The standard InChI is InChI=1S/C14H21FN2O3S/c1-2-3-10-21(19,20)17-11-14(18)16-9-8-12-4-6-13(15)7-5-12/h4-7,17H,2-3,8-11H2,1H3,(H,16,18). The molecule has 2 N–H and O–H groups in total. The van der Waals surface area contributed by atoms with Crippen LogP contribution in [0.15, 0.2) is 24.3 Å². The Hall–Kier alpha value is -1.47. The third kappa shape index (κ3) is 7.77. The number of amides is 1. The second-order valence-corrected chi connectivity index (χ2v) is 6.65. The van der Waals surface area contributed by atoms with Gasteiger partial charge in [-0.2, -0.15) is 0 Å². The van der Waals surface area contributed by atoms with Crippen molar-refractivity contribution in [3.8, 4) is 0 Å². The lowest BCUT2D eigenvalue weighted by Gasteiger charge is -2.07. The zero-order valence-electron chi connectivity index (χ0n) is 12.1. The van der Waals surface area contributed by atoms with Gasteiger partial charge in [-0.25, -0.2) is 17.5 Å². The summed E-state index contributed by atoms with van der Waals surface area (Å²) in [4.78, 5) is 11.5. The number of hydrogen-bond donors (Lipinski definition) is 2. The third-order valence-corrected chi connectivity index (χ3v) is 4.28. The molecule has 1 aromatic rings. The summed E-state index contributed by atoms with van der Waals surface area (Å²) in [6.07, 6.45) is 1.92. The number of sulfonamides is 1. The van der Waals surface area contributed by atoms with Crippen molar-refractivity contribution in [2.24, 2.45) is 0 Å². The molecule has 0 aliphatic carbocycles. The molecule has 5 nitrogen and oxygen atoms in total. The van der Waals surface area contributed by atoms with Gasteiger partial charge in [0.05, 0.1) is 12.3 Å². The van der Waals surface area contributed by atoms with E-state index in [1.807, 2.05) is 6.92 Å². The van der Waals surface area contributed by atoms with Gasteiger partial charge < -0.3 is 5.32 Å². The molecule has 1 aromatic carbocycles.